The minimum absolute atomic E-state index is 0.0357. The molecule has 0 amide bonds. The lowest BCUT2D eigenvalue weighted by Crippen LogP contribution is -2.22. The quantitative estimate of drug-likeness (QED) is 0.861. The van der Waals surface area contributed by atoms with Crippen LogP contribution < -0.4 is 0 Å². The minimum atomic E-state index is -0.766. The summed E-state index contributed by atoms with van der Waals surface area (Å²) < 4.78 is 0. The Balaban J connectivity index is 3.50. The smallest absolute Gasteiger partial charge is 0.307 e. The van der Waals surface area contributed by atoms with Gasteiger partial charge >= 0.3 is 5.97 Å². The SMILES string of the molecule is CC(C)(C)c1cccc(C(C)(C)C)c1CC(=O)O. The number of aliphatic carboxylic acids is 1. The molecule has 0 saturated heterocycles. The van der Waals surface area contributed by atoms with Crippen LogP contribution >= 0.6 is 0 Å². The summed E-state index contributed by atoms with van der Waals surface area (Å²) in [6.07, 6.45) is 0.0973. The lowest BCUT2D eigenvalue weighted by Gasteiger charge is -2.29. The first-order valence-corrected chi connectivity index (χ1v) is 6.38. The van der Waals surface area contributed by atoms with Crippen LogP contribution in [0.3, 0.4) is 0 Å². The number of rotatable bonds is 2. The predicted octanol–water partition coefficient (Wildman–Crippen LogP) is 3.91. The van der Waals surface area contributed by atoms with Crippen LogP contribution in [0, 0.1) is 0 Å². The highest BCUT2D eigenvalue weighted by Gasteiger charge is 2.25. The second-order valence-electron chi connectivity index (χ2n) is 6.90. The van der Waals surface area contributed by atoms with E-state index in [0.29, 0.717) is 0 Å². The maximum atomic E-state index is 11.1. The van der Waals surface area contributed by atoms with Crippen molar-refractivity contribution in [2.75, 3.05) is 0 Å². The van der Waals surface area contributed by atoms with E-state index in [4.69, 9.17) is 5.11 Å². The number of benzene rings is 1. The molecule has 0 bridgehead atoms. The number of carboxylic acids is 1. The molecule has 2 heteroatoms. The standard InChI is InChI=1S/C16H24O2/c1-15(2,3)12-8-7-9-13(16(4,5)6)11(12)10-14(17)18/h7-9H,10H2,1-6H3,(H,17,18). The van der Waals surface area contributed by atoms with Crippen molar-refractivity contribution in [2.45, 2.75) is 58.8 Å². The molecular formula is C16H24O2. The van der Waals surface area contributed by atoms with Crippen molar-refractivity contribution in [3.8, 4) is 0 Å². The molecule has 1 rings (SSSR count). The minimum Gasteiger partial charge on any atom is -0.481 e. The molecule has 1 N–H and O–H groups in total. The highest BCUT2D eigenvalue weighted by atomic mass is 16.4. The topological polar surface area (TPSA) is 37.3 Å². The summed E-state index contributed by atoms with van der Waals surface area (Å²) in [7, 11) is 0. The normalized spacial score (nSPS) is 12.6. The maximum absolute atomic E-state index is 11.1. The van der Waals surface area contributed by atoms with Gasteiger partial charge in [-0.05, 0) is 27.5 Å². The second-order valence-corrected chi connectivity index (χ2v) is 6.90. The Morgan fingerprint density at radius 3 is 1.67 bits per heavy atom. The van der Waals surface area contributed by atoms with E-state index in [1.165, 1.54) is 0 Å². The molecule has 100 valence electrons. The monoisotopic (exact) mass is 248 g/mol. The van der Waals surface area contributed by atoms with Gasteiger partial charge in [-0.3, -0.25) is 4.79 Å². The van der Waals surface area contributed by atoms with Crippen LogP contribution in [0.5, 0.6) is 0 Å². The number of hydrogen-bond acceptors (Lipinski definition) is 1. The van der Waals surface area contributed by atoms with Crippen LogP contribution in [-0.2, 0) is 22.0 Å². The molecule has 0 atom stereocenters. The first kappa shape index (κ1) is 14.7. The third-order valence-electron chi connectivity index (χ3n) is 3.12. The van der Waals surface area contributed by atoms with Gasteiger partial charge in [0.05, 0.1) is 6.42 Å². The fourth-order valence-electron chi connectivity index (χ4n) is 2.33. The molecule has 0 aliphatic rings. The molecular weight excluding hydrogens is 224 g/mol. The Morgan fingerprint density at radius 1 is 1.00 bits per heavy atom. The van der Waals surface area contributed by atoms with Crippen LogP contribution in [0.2, 0.25) is 0 Å². The molecule has 0 heterocycles. The van der Waals surface area contributed by atoms with Crippen molar-refractivity contribution in [3.63, 3.8) is 0 Å². The van der Waals surface area contributed by atoms with Gasteiger partial charge in [-0.1, -0.05) is 59.7 Å². The Bertz CT molecular complexity index is 413. The number of hydrogen-bond donors (Lipinski definition) is 1. The van der Waals surface area contributed by atoms with E-state index < -0.39 is 5.97 Å². The van der Waals surface area contributed by atoms with Gasteiger partial charge in [0.25, 0.3) is 0 Å². The lowest BCUT2D eigenvalue weighted by atomic mass is 9.75. The highest BCUT2D eigenvalue weighted by molar-refractivity contribution is 5.72. The first-order chi connectivity index (χ1) is 8.03. The van der Waals surface area contributed by atoms with Gasteiger partial charge in [0.1, 0.15) is 0 Å². The highest BCUT2D eigenvalue weighted by Crippen LogP contribution is 2.34. The first-order valence-electron chi connectivity index (χ1n) is 6.38. The fraction of sp³-hybridized carbons (Fsp3) is 0.562. The average molecular weight is 248 g/mol. The summed E-state index contributed by atoms with van der Waals surface area (Å²) in [5.74, 6) is -0.766. The van der Waals surface area contributed by atoms with Crippen molar-refractivity contribution >= 4 is 5.97 Å². The number of carboxylic acid groups (broad SMARTS) is 1. The number of carbonyl (C=O) groups is 1. The molecule has 0 spiro atoms. The van der Waals surface area contributed by atoms with Gasteiger partial charge in [0.15, 0.2) is 0 Å². The van der Waals surface area contributed by atoms with Gasteiger partial charge in [0, 0.05) is 0 Å². The lowest BCUT2D eigenvalue weighted by molar-refractivity contribution is -0.136. The van der Waals surface area contributed by atoms with Gasteiger partial charge in [0.2, 0.25) is 0 Å². The van der Waals surface area contributed by atoms with Gasteiger partial charge in [-0.25, -0.2) is 0 Å². The second kappa shape index (κ2) is 4.75. The molecule has 18 heavy (non-hydrogen) atoms. The Labute approximate surface area is 110 Å². The van der Waals surface area contributed by atoms with E-state index in [-0.39, 0.29) is 17.3 Å². The Hall–Kier alpha value is -1.31. The largest absolute Gasteiger partial charge is 0.481 e. The Kier molecular flexibility index (Phi) is 3.89. The molecule has 0 aliphatic carbocycles. The summed E-state index contributed by atoms with van der Waals surface area (Å²) >= 11 is 0. The molecule has 0 aromatic heterocycles. The molecule has 1 aromatic carbocycles. The summed E-state index contributed by atoms with van der Waals surface area (Å²) in [5.41, 5.74) is 3.18. The molecule has 0 unspecified atom stereocenters. The third-order valence-corrected chi connectivity index (χ3v) is 3.12. The maximum Gasteiger partial charge on any atom is 0.307 e. The van der Waals surface area contributed by atoms with Gasteiger partial charge < -0.3 is 5.11 Å². The van der Waals surface area contributed by atoms with Crippen molar-refractivity contribution in [2.24, 2.45) is 0 Å². The van der Waals surface area contributed by atoms with E-state index >= 15 is 0 Å². The van der Waals surface area contributed by atoms with E-state index in [0.717, 1.165) is 16.7 Å². The van der Waals surface area contributed by atoms with Gasteiger partial charge in [-0.15, -0.1) is 0 Å². The summed E-state index contributed by atoms with van der Waals surface area (Å²) in [4.78, 5) is 11.1. The average Bonchev–Trinajstić information content (AvgIpc) is 2.13. The van der Waals surface area contributed by atoms with Crippen LogP contribution in [0.4, 0.5) is 0 Å². The predicted molar refractivity (Wildman–Crippen MR) is 75.2 cm³/mol. The Morgan fingerprint density at radius 2 is 1.39 bits per heavy atom. The van der Waals surface area contributed by atoms with Crippen LogP contribution in [0.25, 0.3) is 0 Å². The van der Waals surface area contributed by atoms with E-state index in [1.807, 2.05) is 18.2 Å². The van der Waals surface area contributed by atoms with Crippen molar-refractivity contribution < 1.29 is 9.90 Å². The summed E-state index contributed by atoms with van der Waals surface area (Å²) in [6.45, 7) is 12.8. The third kappa shape index (κ3) is 3.34. The summed E-state index contributed by atoms with van der Waals surface area (Å²) in [5, 5.41) is 9.15. The van der Waals surface area contributed by atoms with Crippen molar-refractivity contribution in [1.82, 2.24) is 0 Å². The molecule has 2 nitrogen and oxygen atoms in total. The van der Waals surface area contributed by atoms with Crippen molar-refractivity contribution in [3.05, 3.63) is 34.9 Å². The zero-order chi connectivity index (χ0) is 14.1. The fourth-order valence-corrected chi connectivity index (χ4v) is 2.33. The van der Waals surface area contributed by atoms with Gasteiger partial charge in [-0.2, -0.15) is 0 Å². The van der Waals surface area contributed by atoms with E-state index in [9.17, 15) is 4.79 Å². The van der Waals surface area contributed by atoms with Crippen LogP contribution in [0.15, 0.2) is 18.2 Å². The molecule has 0 aliphatic heterocycles. The van der Waals surface area contributed by atoms with E-state index in [2.05, 4.69) is 41.5 Å². The summed E-state index contributed by atoms with van der Waals surface area (Å²) in [6, 6.07) is 6.13. The molecule has 0 radical (unpaired) electrons. The van der Waals surface area contributed by atoms with Crippen LogP contribution in [-0.4, -0.2) is 11.1 Å². The molecule has 1 aromatic rings. The van der Waals surface area contributed by atoms with Crippen molar-refractivity contribution in [1.29, 1.82) is 0 Å². The molecule has 0 fully saturated rings. The zero-order valence-corrected chi connectivity index (χ0v) is 12.3. The van der Waals surface area contributed by atoms with Crippen LogP contribution in [0.1, 0.15) is 58.2 Å². The zero-order valence-electron chi connectivity index (χ0n) is 12.3. The van der Waals surface area contributed by atoms with E-state index in [1.54, 1.807) is 0 Å². The molecule has 0 saturated carbocycles.